The van der Waals surface area contributed by atoms with Crippen LogP contribution in [0.25, 0.3) is 0 Å². The summed E-state index contributed by atoms with van der Waals surface area (Å²) in [5.74, 6) is -1.72. The molecule has 0 spiro atoms. The molecule has 0 aromatic heterocycles. The van der Waals surface area contributed by atoms with Crippen molar-refractivity contribution in [1.82, 2.24) is 0 Å². The van der Waals surface area contributed by atoms with Crippen LogP contribution in [-0.4, -0.2) is 22.6 Å². The van der Waals surface area contributed by atoms with Gasteiger partial charge in [-0.15, -0.1) is 6.58 Å². The summed E-state index contributed by atoms with van der Waals surface area (Å²) in [6.07, 6.45) is 2.55. The molecule has 4 nitrogen and oxygen atoms in total. The van der Waals surface area contributed by atoms with Gasteiger partial charge in [0.1, 0.15) is 0 Å². The van der Waals surface area contributed by atoms with Gasteiger partial charge in [-0.2, -0.15) is 0 Å². The molecule has 0 aromatic carbocycles. The molecule has 0 aromatic rings. The van der Waals surface area contributed by atoms with Crippen LogP contribution in [0.2, 0.25) is 0 Å². The van der Waals surface area contributed by atoms with Gasteiger partial charge in [-0.3, -0.25) is 4.79 Å². The number of rotatable bonds is 3. The van der Waals surface area contributed by atoms with Gasteiger partial charge in [-0.05, 0) is 12.8 Å². The fraction of sp³-hybridized carbons (Fsp3) is 0.600. The number of carboxylic acids is 1. The zero-order valence-corrected chi connectivity index (χ0v) is 8.16. The van der Waals surface area contributed by atoms with Gasteiger partial charge in [0.2, 0.25) is 5.60 Å². The molecule has 14 heavy (non-hydrogen) atoms. The second kappa shape index (κ2) is 3.82. The lowest BCUT2D eigenvalue weighted by Crippen LogP contribution is -2.47. The van der Waals surface area contributed by atoms with Crippen molar-refractivity contribution in [2.45, 2.75) is 31.8 Å². The van der Waals surface area contributed by atoms with Crippen LogP contribution in [0.15, 0.2) is 12.7 Å². The van der Waals surface area contributed by atoms with Crippen LogP contribution in [0.5, 0.6) is 0 Å². The van der Waals surface area contributed by atoms with Crippen molar-refractivity contribution in [1.29, 1.82) is 0 Å². The molecule has 78 valence electrons. The molecular formula is C10H14O4. The summed E-state index contributed by atoms with van der Waals surface area (Å²) >= 11 is 0. The summed E-state index contributed by atoms with van der Waals surface area (Å²) in [5, 5.41) is 9.00. The predicted octanol–water partition coefficient (Wildman–Crippen LogP) is 1.36. The molecule has 1 N–H and O–H groups in total. The van der Waals surface area contributed by atoms with Crippen molar-refractivity contribution in [2.24, 2.45) is 5.92 Å². The molecule has 0 radical (unpaired) electrons. The van der Waals surface area contributed by atoms with Crippen molar-refractivity contribution in [2.75, 3.05) is 0 Å². The molecule has 1 unspecified atom stereocenters. The maximum absolute atomic E-state index is 11.3. The SMILES string of the molecule is C=CC[C@]1(C(=O)O)CCC(C)C(=O)O1. The van der Waals surface area contributed by atoms with E-state index in [0.29, 0.717) is 12.8 Å². The van der Waals surface area contributed by atoms with Crippen molar-refractivity contribution >= 4 is 11.9 Å². The number of aliphatic carboxylic acids is 1. The lowest BCUT2D eigenvalue weighted by Gasteiger charge is -2.34. The van der Waals surface area contributed by atoms with Gasteiger partial charge in [0.05, 0.1) is 5.92 Å². The van der Waals surface area contributed by atoms with E-state index in [0.717, 1.165) is 0 Å². The molecule has 1 saturated heterocycles. The third kappa shape index (κ3) is 1.78. The molecule has 4 heteroatoms. The highest BCUT2D eigenvalue weighted by molar-refractivity contribution is 5.84. The molecule has 0 saturated carbocycles. The first-order chi connectivity index (χ1) is 6.52. The lowest BCUT2D eigenvalue weighted by molar-refractivity contribution is -0.189. The Hall–Kier alpha value is -1.32. The molecule has 0 aliphatic carbocycles. The van der Waals surface area contributed by atoms with Gasteiger partial charge >= 0.3 is 11.9 Å². The highest BCUT2D eigenvalue weighted by Crippen LogP contribution is 2.32. The molecule has 1 heterocycles. The predicted molar refractivity (Wildman–Crippen MR) is 49.7 cm³/mol. The van der Waals surface area contributed by atoms with E-state index in [9.17, 15) is 9.59 Å². The third-order valence-corrected chi connectivity index (χ3v) is 2.54. The quantitative estimate of drug-likeness (QED) is 0.549. The number of hydrogen-bond donors (Lipinski definition) is 1. The summed E-state index contributed by atoms with van der Waals surface area (Å²) in [7, 11) is 0. The summed E-state index contributed by atoms with van der Waals surface area (Å²) in [6.45, 7) is 5.21. The Morgan fingerprint density at radius 2 is 2.50 bits per heavy atom. The zero-order chi connectivity index (χ0) is 10.8. The summed E-state index contributed by atoms with van der Waals surface area (Å²) in [4.78, 5) is 22.3. The van der Waals surface area contributed by atoms with Gasteiger partial charge in [0, 0.05) is 6.42 Å². The number of carbonyl (C=O) groups is 2. The van der Waals surface area contributed by atoms with Crippen molar-refractivity contribution in [3.63, 3.8) is 0 Å². The van der Waals surface area contributed by atoms with E-state index >= 15 is 0 Å². The van der Waals surface area contributed by atoms with Crippen LogP contribution < -0.4 is 0 Å². The van der Waals surface area contributed by atoms with E-state index in [1.54, 1.807) is 6.92 Å². The Bertz CT molecular complexity index is 271. The Morgan fingerprint density at radius 1 is 1.86 bits per heavy atom. The van der Waals surface area contributed by atoms with Crippen molar-refractivity contribution < 1.29 is 19.4 Å². The minimum atomic E-state index is -1.37. The highest BCUT2D eigenvalue weighted by atomic mass is 16.6. The van der Waals surface area contributed by atoms with Crippen LogP contribution in [0.4, 0.5) is 0 Å². The van der Waals surface area contributed by atoms with Gasteiger partial charge in [-0.25, -0.2) is 4.79 Å². The largest absolute Gasteiger partial charge is 0.478 e. The van der Waals surface area contributed by atoms with E-state index in [4.69, 9.17) is 9.84 Å². The molecule has 0 amide bonds. The van der Waals surface area contributed by atoms with E-state index in [-0.39, 0.29) is 12.3 Å². The monoisotopic (exact) mass is 198 g/mol. The number of ether oxygens (including phenoxy) is 1. The number of esters is 1. The minimum absolute atomic E-state index is 0.167. The Morgan fingerprint density at radius 3 is 2.93 bits per heavy atom. The summed E-state index contributed by atoms with van der Waals surface area (Å²) in [5.41, 5.74) is -1.37. The number of hydrogen-bond acceptors (Lipinski definition) is 3. The fourth-order valence-electron chi connectivity index (χ4n) is 1.53. The number of carboxylic acid groups (broad SMARTS) is 1. The fourth-order valence-corrected chi connectivity index (χ4v) is 1.53. The standard InChI is InChI=1S/C10H14O4/c1-3-5-10(9(12)13)6-4-7(2)8(11)14-10/h3,7H,1,4-6H2,2H3,(H,12,13)/t7?,10-/m1/s1. The Kier molecular flexibility index (Phi) is 2.93. The first-order valence-corrected chi connectivity index (χ1v) is 4.59. The lowest BCUT2D eigenvalue weighted by atomic mass is 9.87. The van der Waals surface area contributed by atoms with Gasteiger partial charge in [0.25, 0.3) is 0 Å². The first kappa shape index (κ1) is 10.8. The van der Waals surface area contributed by atoms with E-state index in [1.807, 2.05) is 0 Å². The van der Waals surface area contributed by atoms with Crippen LogP contribution >= 0.6 is 0 Å². The third-order valence-electron chi connectivity index (χ3n) is 2.54. The summed E-state index contributed by atoms with van der Waals surface area (Å²) < 4.78 is 4.98. The van der Waals surface area contributed by atoms with Gasteiger partial charge < -0.3 is 9.84 Å². The number of cyclic esters (lactones) is 1. The Balaban J connectivity index is 2.85. The van der Waals surface area contributed by atoms with E-state index < -0.39 is 17.5 Å². The maximum atomic E-state index is 11.3. The average Bonchev–Trinajstić information content (AvgIpc) is 2.12. The molecule has 2 atom stereocenters. The molecule has 1 aliphatic rings. The molecule has 1 aliphatic heterocycles. The maximum Gasteiger partial charge on any atom is 0.348 e. The minimum Gasteiger partial charge on any atom is -0.478 e. The van der Waals surface area contributed by atoms with Gasteiger partial charge in [0.15, 0.2) is 0 Å². The van der Waals surface area contributed by atoms with Crippen molar-refractivity contribution in [3.8, 4) is 0 Å². The van der Waals surface area contributed by atoms with Crippen LogP contribution in [-0.2, 0) is 14.3 Å². The van der Waals surface area contributed by atoms with E-state index in [2.05, 4.69) is 6.58 Å². The van der Waals surface area contributed by atoms with Gasteiger partial charge in [-0.1, -0.05) is 13.0 Å². The highest BCUT2D eigenvalue weighted by Gasteiger charge is 2.45. The van der Waals surface area contributed by atoms with Crippen molar-refractivity contribution in [3.05, 3.63) is 12.7 Å². The van der Waals surface area contributed by atoms with Crippen LogP contribution in [0, 0.1) is 5.92 Å². The topological polar surface area (TPSA) is 63.6 Å². The van der Waals surface area contributed by atoms with Crippen LogP contribution in [0.1, 0.15) is 26.2 Å². The molecule has 1 fully saturated rings. The second-order valence-electron chi connectivity index (χ2n) is 3.65. The average molecular weight is 198 g/mol. The van der Waals surface area contributed by atoms with E-state index in [1.165, 1.54) is 6.08 Å². The second-order valence-corrected chi connectivity index (χ2v) is 3.65. The van der Waals surface area contributed by atoms with Crippen LogP contribution in [0.3, 0.4) is 0 Å². The molecule has 1 rings (SSSR count). The number of carbonyl (C=O) groups excluding carboxylic acids is 1. The smallest absolute Gasteiger partial charge is 0.348 e. The normalized spacial score (nSPS) is 32.1. The summed E-state index contributed by atoms with van der Waals surface area (Å²) in [6, 6.07) is 0. The first-order valence-electron chi connectivity index (χ1n) is 4.59. The molecular weight excluding hydrogens is 184 g/mol. The molecule has 0 bridgehead atoms. The Labute approximate surface area is 82.6 Å². The zero-order valence-electron chi connectivity index (χ0n) is 8.16.